The van der Waals surface area contributed by atoms with E-state index >= 15 is 0 Å². The Balaban J connectivity index is 1.42. The zero-order valence-corrected chi connectivity index (χ0v) is 13.3. The van der Waals surface area contributed by atoms with E-state index in [4.69, 9.17) is 9.52 Å². The Morgan fingerprint density at radius 3 is 2.50 bits per heavy atom. The Kier molecular flexibility index (Phi) is 5.13. The summed E-state index contributed by atoms with van der Waals surface area (Å²) >= 11 is 0. The highest BCUT2D eigenvalue weighted by atomic mass is 16.3. The highest BCUT2D eigenvalue weighted by Crippen LogP contribution is 2.18. The third kappa shape index (κ3) is 4.14. The molecule has 0 radical (unpaired) electrons. The van der Waals surface area contributed by atoms with Crippen molar-refractivity contribution in [3.63, 3.8) is 0 Å². The van der Waals surface area contributed by atoms with E-state index in [-0.39, 0.29) is 12.6 Å². The molecule has 0 unspecified atom stereocenters. The van der Waals surface area contributed by atoms with Crippen LogP contribution in [0.5, 0.6) is 0 Å². The fraction of sp³-hybridized carbons (Fsp3) is 0.211. The molecule has 3 N–H and O–H groups in total. The van der Waals surface area contributed by atoms with Crippen molar-refractivity contribution in [2.24, 2.45) is 0 Å². The van der Waals surface area contributed by atoms with Gasteiger partial charge in [-0.1, -0.05) is 42.5 Å². The third-order valence-electron chi connectivity index (χ3n) is 3.80. The first kappa shape index (κ1) is 16.1. The maximum atomic E-state index is 11.8. The fourth-order valence-corrected chi connectivity index (χ4v) is 2.49. The summed E-state index contributed by atoms with van der Waals surface area (Å²) in [6.07, 6.45) is 0.740. The van der Waals surface area contributed by atoms with Crippen LogP contribution in [0.25, 0.3) is 11.0 Å². The van der Waals surface area contributed by atoms with Gasteiger partial charge in [-0.05, 0) is 29.7 Å². The molecule has 5 nitrogen and oxygen atoms in total. The maximum Gasteiger partial charge on any atom is 0.315 e. The van der Waals surface area contributed by atoms with Crippen molar-refractivity contribution in [2.75, 3.05) is 6.54 Å². The van der Waals surface area contributed by atoms with Crippen molar-refractivity contribution in [2.45, 2.75) is 19.6 Å². The number of furan rings is 1. The van der Waals surface area contributed by atoms with Crippen LogP contribution in [-0.2, 0) is 19.6 Å². The first-order valence-electron chi connectivity index (χ1n) is 7.92. The van der Waals surface area contributed by atoms with Crippen molar-refractivity contribution in [1.29, 1.82) is 0 Å². The van der Waals surface area contributed by atoms with E-state index in [0.29, 0.717) is 13.1 Å². The van der Waals surface area contributed by atoms with Crippen molar-refractivity contribution in [3.05, 3.63) is 71.5 Å². The fourth-order valence-electron chi connectivity index (χ4n) is 2.49. The number of aliphatic hydroxyl groups is 1. The number of benzene rings is 2. The summed E-state index contributed by atoms with van der Waals surface area (Å²) < 4.78 is 5.65. The average molecular weight is 324 g/mol. The van der Waals surface area contributed by atoms with Gasteiger partial charge in [-0.15, -0.1) is 0 Å². The lowest BCUT2D eigenvalue weighted by Gasteiger charge is -2.07. The SMILES string of the molecule is O=C(NCCc1ccc(CO)cc1)NCc1cc2ccccc2o1. The van der Waals surface area contributed by atoms with Crippen LogP contribution in [0.1, 0.15) is 16.9 Å². The van der Waals surface area contributed by atoms with Gasteiger partial charge in [0.05, 0.1) is 13.2 Å². The molecule has 5 heteroatoms. The van der Waals surface area contributed by atoms with Gasteiger partial charge in [-0.25, -0.2) is 4.79 Å². The molecule has 0 saturated carbocycles. The summed E-state index contributed by atoms with van der Waals surface area (Å²) in [6.45, 7) is 0.943. The Bertz CT molecular complexity index is 776. The topological polar surface area (TPSA) is 74.5 Å². The molecule has 1 heterocycles. The standard InChI is InChI=1S/C19H20N2O3/c22-13-15-7-5-14(6-8-15)9-10-20-19(23)21-12-17-11-16-3-1-2-4-18(16)24-17/h1-8,11,22H,9-10,12-13H2,(H2,20,21,23). The maximum absolute atomic E-state index is 11.8. The van der Waals surface area contributed by atoms with E-state index in [2.05, 4.69) is 10.6 Å². The molecular weight excluding hydrogens is 304 g/mol. The lowest BCUT2D eigenvalue weighted by Crippen LogP contribution is -2.36. The number of rotatable bonds is 6. The van der Waals surface area contributed by atoms with E-state index in [1.807, 2.05) is 54.6 Å². The summed E-state index contributed by atoms with van der Waals surface area (Å²) in [7, 11) is 0. The molecule has 124 valence electrons. The number of carbonyl (C=O) groups excluding carboxylic acids is 1. The van der Waals surface area contributed by atoms with Crippen molar-refractivity contribution < 1.29 is 14.3 Å². The number of fused-ring (bicyclic) bond motifs is 1. The summed E-state index contributed by atoms with van der Waals surface area (Å²) in [5.41, 5.74) is 2.82. The molecule has 3 rings (SSSR count). The number of urea groups is 1. The van der Waals surface area contributed by atoms with Gasteiger partial charge < -0.3 is 20.2 Å². The first-order chi connectivity index (χ1) is 11.7. The van der Waals surface area contributed by atoms with Crippen LogP contribution in [0.2, 0.25) is 0 Å². The lowest BCUT2D eigenvalue weighted by molar-refractivity contribution is 0.240. The Labute approximate surface area is 140 Å². The molecule has 2 aromatic carbocycles. The third-order valence-corrected chi connectivity index (χ3v) is 3.80. The van der Waals surface area contributed by atoms with Crippen molar-refractivity contribution in [3.8, 4) is 0 Å². The second-order valence-electron chi connectivity index (χ2n) is 5.58. The van der Waals surface area contributed by atoms with E-state index in [1.165, 1.54) is 0 Å². The van der Waals surface area contributed by atoms with Gasteiger partial charge in [-0.2, -0.15) is 0 Å². The van der Waals surface area contributed by atoms with Gasteiger partial charge >= 0.3 is 6.03 Å². The second kappa shape index (κ2) is 7.66. The molecule has 2 amide bonds. The van der Waals surface area contributed by atoms with Gasteiger partial charge in [0.25, 0.3) is 0 Å². The van der Waals surface area contributed by atoms with Crippen LogP contribution in [-0.4, -0.2) is 17.7 Å². The van der Waals surface area contributed by atoms with Crippen LogP contribution in [0.15, 0.2) is 59.0 Å². The molecule has 0 bridgehead atoms. The quantitative estimate of drug-likeness (QED) is 0.652. The van der Waals surface area contributed by atoms with Crippen LogP contribution < -0.4 is 10.6 Å². The molecule has 0 aliphatic rings. The molecule has 0 aliphatic carbocycles. The number of para-hydroxylation sites is 1. The molecule has 0 spiro atoms. The number of hydrogen-bond acceptors (Lipinski definition) is 3. The van der Waals surface area contributed by atoms with Crippen LogP contribution >= 0.6 is 0 Å². The minimum absolute atomic E-state index is 0.0444. The highest BCUT2D eigenvalue weighted by molar-refractivity contribution is 5.78. The van der Waals surface area contributed by atoms with Crippen LogP contribution in [0.3, 0.4) is 0 Å². The number of aliphatic hydroxyl groups excluding tert-OH is 1. The largest absolute Gasteiger partial charge is 0.459 e. The number of hydrogen-bond donors (Lipinski definition) is 3. The van der Waals surface area contributed by atoms with Gasteiger partial charge in [-0.3, -0.25) is 0 Å². The first-order valence-corrected chi connectivity index (χ1v) is 7.92. The Hall–Kier alpha value is -2.79. The molecule has 0 atom stereocenters. The van der Waals surface area contributed by atoms with Crippen molar-refractivity contribution in [1.82, 2.24) is 10.6 Å². The van der Waals surface area contributed by atoms with E-state index in [0.717, 1.165) is 34.3 Å². The number of carbonyl (C=O) groups is 1. The second-order valence-corrected chi connectivity index (χ2v) is 5.58. The van der Waals surface area contributed by atoms with E-state index < -0.39 is 0 Å². The number of amides is 2. The normalized spacial score (nSPS) is 10.7. The van der Waals surface area contributed by atoms with Crippen LogP contribution in [0, 0.1) is 0 Å². The predicted molar refractivity (Wildman–Crippen MR) is 92.5 cm³/mol. The summed E-state index contributed by atoms with van der Waals surface area (Å²) in [6, 6.07) is 17.1. The van der Waals surface area contributed by atoms with E-state index in [9.17, 15) is 4.79 Å². The monoisotopic (exact) mass is 324 g/mol. The van der Waals surface area contributed by atoms with Gasteiger partial charge in [0.15, 0.2) is 0 Å². The summed E-state index contributed by atoms with van der Waals surface area (Å²) in [4.78, 5) is 11.8. The molecule has 0 saturated heterocycles. The lowest BCUT2D eigenvalue weighted by atomic mass is 10.1. The zero-order chi connectivity index (χ0) is 16.8. The Morgan fingerprint density at radius 2 is 1.75 bits per heavy atom. The van der Waals surface area contributed by atoms with E-state index in [1.54, 1.807) is 0 Å². The molecule has 0 aliphatic heterocycles. The van der Waals surface area contributed by atoms with Crippen molar-refractivity contribution >= 4 is 17.0 Å². The van der Waals surface area contributed by atoms with Gasteiger partial charge in [0.1, 0.15) is 11.3 Å². The molecule has 1 aromatic heterocycles. The smallest absolute Gasteiger partial charge is 0.315 e. The minimum atomic E-state index is -0.220. The Morgan fingerprint density at radius 1 is 1.00 bits per heavy atom. The summed E-state index contributed by atoms with van der Waals surface area (Å²) in [5.74, 6) is 0.728. The minimum Gasteiger partial charge on any atom is -0.459 e. The average Bonchev–Trinajstić information content (AvgIpc) is 3.03. The molecule has 3 aromatic rings. The molecule has 0 fully saturated rings. The molecule has 24 heavy (non-hydrogen) atoms. The van der Waals surface area contributed by atoms with Gasteiger partial charge in [0, 0.05) is 11.9 Å². The summed E-state index contributed by atoms with van der Waals surface area (Å²) in [5, 5.41) is 15.6. The zero-order valence-electron chi connectivity index (χ0n) is 13.3. The molecular formula is C19H20N2O3. The predicted octanol–water partition coefficient (Wildman–Crippen LogP) is 2.97. The van der Waals surface area contributed by atoms with Gasteiger partial charge in [0.2, 0.25) is 0 Å². The highest BCUT2D eigenvalue weighted by Gasteiger charge is 2.05. The van der Waals surface area contributed by atoms with Crippen LogP contribution in [0.4, 0.5) is 4.79 Å². The number of nitrogens with one attached hydrogen (secondary N) is 2.